The van der Waals surface area contributed by atoms with E-state index in [0.29, 0.717) is 28.2 Å². The zero-order chi connectivity index (χ0) is 17.1. The van der Waals surface area contributed by atoms with E-state index in [1.165, 1.54) is 5.56 Å². The fourth-order valence-corrected chi connectivity index (χ4v) is 3.12. The van der Waals surface area contributed by atoms with Crippen LogP contribution in [0.5, 0.6) is 17.2 Å². The molecule has 1 heterocycles. The number of nitrogens with zero attached hydrogens (tertiary/aromatic N) is 1. The van der Waals surface area contributed by atoms with Crippen LogP contribution in [-0.4, -0.2) is 33.1 Å². The van der Waals surface area contributed by atoms with Gasteiger partial charge in [-0.2, -0.15) is 0 Å². The first-order valence-electron chi connectivity index (χ1n) is 7.49. The molecule has 0 aliphatic carbocycles. The Bertz CT molecular complexity index is 790. The Morgan fingerprint density at radius 1 is 1.00 bits per heavy atom. The van der Waals surface area contributed by atoms with Gasteiger partial charge in [0.1, 0.15) is 12.4 Å². The Hall–Kier alpha value is -1.91. The van der Waals surface area contributed by atoms with Crippen molar-refractivity contribution in [2.75, 3.05) is 27.4 Å². The summed E-state index contributed by atoms with van der Waals surface area (Å²) in [7, 11) is 3.25. The first-order chi connectivity index (χ1) is 11.6. The maximum Gasteiger partial charge on any atom is 0.161 e. The number of rotatable bonds is 5. The van der Waals surface area contributed by atoms with E-state index in [2.05, 4.69) is 4.99 Å². The predicted molar refractivity (Wildman–Crippen MR) is 96.6 cm³/mol. The van der Waals surface area contributed by atoms with Crippen molar-refractivity contribution in [1.29, 1.82) is 0 Å². The second kappa shape index (κ2) is 7.32. The van der Waals surface area contributed by atoms with Crippen molar-refractivity contribution in [2.45, 2.75) is 6.42 Å². The molecule has 3 rings (SSSR count). The van der Waals surface area contributed by atoms with Gasteiger partial charge in [0.05, 0.1) is 25.0 Å². The molecule has 0 unspecified atom stereocenters. The Balaban J connectivity index is 1.84. The molecule has 0 fully saturated rings. The molecule has 0 spiro atoms. The first kappa shape index (κ1) is 16.9. The van der Waals surface area contributed by atoms with Crippen molar-refractivity contribution in [3.8, 4) is 17.2 Å². The predicted octanol–water partition coefficient (Wildman–Crippen LogP) is 4.43. The fourth-order valence-electron chi connectivity index (χ4n) is 2.65. The van der Waals surface area contributed by atoms with Crippen LogP contribution in [0.3, 0.4) is 0 Å². The summed E-state index contributed by atoms with van der Waals surface area (Å²) in [5.41, 5.74) is 3.05. The molecule has 0 amide bonds. The van der Waals surface area contributed by atoms with E-state index in [-0.39, 0.29) is 0 Å². The van der Waals surface area contributed by atoms with Gasteiger partial charge in [-0.3, -0.25) is 4.99 Å². The van der Waals surface area contributed by atoms with Gasteiger partial charge in [-0.25, -0.2) is 0 Å². The summed E-state index contributed by atoms with van der Waals surface area (Å²) < 4.78 is 16.6. The third kappa shape index (κ3) is 3.45. The van der Waals surface area contributed by atoms with E-state index < -0.39 is 0 Å². The third-order valence-corrected chi connectivity index (χ3v) is 4.39. The Morgan fingerprint density at radius 2 is 1.75 bits per heavy atom. The summed E-state index contributed by atoms with van der Waals surface area (Å²) in [4.78, 5) is 4.59. The topological polar surface area (TPSA) is 40.0 Å². The molecule has 0 saturated heterocycles. The lowest BCUT2D eigenvalue weighted by atomic mass is 9.97. The molecule has 126 valence electrons. The van der Waals surface area contributed by atoms with Crippen molar-refractivity contribution in [3.63, 3.8) is 0 Å². The van der Waals surface area contributed by atoms with E-state index in [1.807, 2.05) is 12.1 Å². The van der Waals surface area contributed by atoms with Crippen molar-refractivity contribution < 1.29 is 14.2 Å². The number of fused-ring (bicyclic) bond motifs is 1. The average Bonchev–Trinajstić information content (AvgIpc) is 2.59. The molecule has 0 radical (unpaired) electrons. The van der Waals surface area contributed by atoms with E-state index in [0.717, 1.165) is 30.0 Å². The molecule has 24 heavy (non-hydrogen) atoms. The summed E-state index contributed by atoms with van der Waals surface area (Å²) in [6.45, 7) is 1.04. The average molecular weight is 366 g/mol. The maximum atomic E-state index is 6.15. The van der Waals surface area contributed by atoms with Gasteiger partial charge in [0.25, 0.3) is 0 Å². The molecular weight excluding hydrogens is 349 g/mol. The van der Waals surface area contributed by atoms with Crippen LogP contribution in [0.15, 0.2) is 35.3 Å². The molecule has 6 heteroatoms. The van der Waals surface area contributed by atoms with Crippen LogP contribution in [-0.2, 0) is 6.42 Å². The van der Waals surface area contributed by atoms with Gasteiger partial charge in [-0.15, -0.1) is 0 Å². The highest BCUT2D eigenvalue weighted by Crippen LogP contribution is 2.33. The summed E-state index contributed by atoms with van der Waals surface area (Å²) in [5, 5.41) is 1.05. The van der Waals surface area contributed by atoms with Gasteiger partial charge in [0, 0.05) is 17.1 Å². The van der Waals surface area contributed by atoms with Crippen molar-refractivity contribution in [2.24, 2.45) is 4.99 Å². The highest BCUT2D eigenvalue weighted by atomic mass is 35.5. The zero-order valence-electron chi connectivity index (χ0n) is 13.4. The second-order valence-electron chi connectivity index (χ2n) is 5.31. The van der Waals surface area contributed by atoms with E-state index >= 15 is 0 Å². The van der Waals surface area contributed by atoms with Crippen molar-refractivity contribution >= 4 is 28.9 Å². The molecule has 1 aliphatic heterocycles. The van der Waals surface area contributed by atoms with Gasteiger partial charge < -0.3 is 14.2 Å². The van der Waals surface area contributed by atoms with Crippen LogP contribution in [0.1, 0.15) is 11.1 Å². The number of hydrogen-bond donors (Lipinski definition) is 0. The minimum absolute atomic E-state index is 0.323. The fraction of sp³-hybridized carbons (Fsp3) is 0.278. The van der Waals surface area contributed by atoms with Crippen LogP contribution < -0.4 is 14.2 Å². The zero-order valence-corrected chi connectivity index (χ0v) is 14.9. The number of aliphatic imine (C=N–C) groups is 1. The molecule has 4 nitrogen and oxygen atoms in total. The highest BCUT2D eigenvalue weighted by molar-refractivity contribution is 6.35. The smallest absolute Gasteiger partial charge is 0.161 e. The SMILES string of the molecule is COc1cc2c(cc1OC)C(COc1ccc(Cl)cc1Cl)=NCC2. The molecule has 0 atom stereocenters. The second-order valence-corrected chi connectivity index (χ2v) is 6.15. The van der Waals surface area contributed by atoms with Gasteiger partial charge in [0.2, 0.25) is 0 Å². The highest BCUT2D eigenvalue weighted by Gasteiger charge is 2.19. The lowest BCUT2D eigenvalue weighted by Gasteiger charge is -2.20. The van der Waals surface area contributed by atoms with Crippen LogP contribution in [0.25, 0.3) is 0 Å². The Morgan fingerprint density at radius 3 is 2.46 bits per heavy atom. The number of benzene rings is 2. The lowest BCUT2D eigenvalue weighted by molar-refractivity contribution is 0.354. The van der Waals surface area contributed by atoms with Crippen LogP contribution in [0.2, 0.25) is 10.0 Å². The molecule has 0 N–H and O–H groups in total. The third-order valence-electron chi connectivity index (χ3n) is 3.86. The van der Waals surface area contributed by atoms with E-state index in [4.69, 9.17) is 37.4 Å². The number of ether oxygens (including phenoxy) is 3. The molecular formula is C18H17Cl2NO3. The summed E-state index contributed by atoms with van der Waals surface area (Å²) in [5.74, 6) is 1.98. The largest absolute Gasteiger partial charge is 0.493 e. The minimum Gasteiger partial charge on any atom is -0.493 e. The summed E-state index contributed by atoms with van der Waals surface area (Å²) >= 11 is 12.1. The standard InChI is InChI=1S/C18H17Cl2NO3/c1-22-17-7-11-5-6-21-15(13(11)9-18(17)23-2)10-24-16-4-3-12(19)8-14(16)20/h3-4,7-9H,5-6,10H2,1-2H3. The lowest BCUT2D eigenvalue weighted by Crippen LogP contribution is -2.20. The molecule has 0 bridgehead atoms. The van der Waals surface area contributed by atoms with Crippen molar-refractivity contribution in [3.05, 3.63) is 51.5 Å². The summed E-state index contributed by atoms with van der Waals surface area (Å²) in [6, 6.07) is 9.09. The molecule has 2 aromatic rings. The van der Waals surface area contributed by atoms with Gasteiger partial charge >= 0.3 is 0 Å². The first-order valence-corrected chi connectivity index (χ1v) is 8.24. The number of methoxy groups -OCH3 is 2. The monoisotopic (exact) mass is 365 g/mol. The van der Waals surface area contributed by atoms with E-state index in [9.17, 15) is 0 Å². The van der Waals surface area contributed by atoms with Gasteiger partial charge in [-0.1, -0.05) is 23.2 Å². The minimum atomic E-state index is 0.323. The van der Waals surface area contributed by atoms with E-state index in [1.54, 1.807) is 32.4 Å². The number of halogens is 2. The maximum absolute atomic E-state index is 6.15. The molecule has 2 aromatic carbocycles. The van der Waals surface area contributed by atoms with Crippen LogP contribution >= 0.6 is 23.2 Å². The molecule has 1 aliphatic rings. The Labute approximate surface area is 151 Å². The number of hydrogen-bond acceptors (Lipinski definition) is 4. The van der Waals surface area contributed by atoms with Crippen LogP contribution in [0, 0.1) is 0 Å². The van der Waals surface area contributed by atoms with Crippen molar-refractivity contribution in [1.82, 2.24) is 0 Å². The molecule has 0 aromatic heterocycles. The van der Waals surface area contributed by atoms with Gasteiger partial charge in [-0.05, 0) is 42.3 Å². The van der Waals surface area contributed by atoms with Crippen LogP contribution in [0.4, 0.5) is 0 Å². The van der Waals surface area contributed by atoms with Gasteiger partial charge in [0.15, 0.2) is 11.5 Å². The quantitative estimate of drug-likeness (QED) is 0.786. The normalized spacial score (nSPS) is 13.1. The summed E-state index contributed by atoms with van der Waals surface area (Å²) in [6.07, 6.45) is 0.862. The Kier molecular flexibility index (Phi) is 5.17. The molecule has 0 saturated carbocycles.